The van der Waals surface area contributed by atoms with Gasteiger partial charge in [-0.3, -0.25) is 0 Å². The fourth-order valence-electron chi connectivity index (χ4n) is 1.59. The number of nitrogens with zero attached hydrogens (tertiary/aromatic N) is 1. The van der Waals surface area contributed by atoms with Gasteiger partial charge in [-0.25, -0.2) is 4.98 Å². The summed E-state index contributed by atoms with van der Waals surface area (Å²) in [6, 6.07) is 3.49. The molecule has 2 heterocycles. The third kappa shape index (κ3) is 2.38. The van der Waals surface area contributed by atoms with E-state index in [4.69, 9.17) is 10.2 Å². The van der Waals surface area contributed by atoms with Crippen LogP contribution in [0.25, 0.3) is 0 Å². The van der Waals surface area contributed by atoms with E-state index in [2.05, 4.69) is 36.8 Å². The molecule has 3 N–H and O–H groups in total. The van der Waals surface area contributed by atoms with Gasteiger partial charge in [0.05, 0.1) is 4.47 Å². The maximum atomic E-state index is 10.2. The van der Waals surface area contributed by atoms with Crippen LogP contribution in [0.4, 0.5) is 5.82 Å². The number of aromatic nitrogens is 1. The van der Waals surface area contributed by atoms with Crippen LogP contribution in [0.15, 0.2) is 31.9 Å². The Balaban J connectivity index is 2.47. The molecule has 0 radical (unpaired) electrons. The van der Waals surface area contributed by atoms with Crippen molar-refractivity contribution in [3.8, 4) is 0 Å². The average molecular weight is 362 g/mol. The number of aliphatic hydroxyl groups excluding tert-OH is 1. The number of anilines is 1. The monoisotopic (exact) mass is 360 g/mol. The lowest BCUT2D eigenvalue weighted by molar-refractivity contribution is 0.187. The van der Waals surface area contributed by atoms with Crippen molar-refractivity contribution >= 4 is 37.7 Å². The second-order valence-electron chi connectivity index (χ2n) is 3.60. The Morgan fingerprint density at radius 2 is 2.18 bits per heavy atom. The van der Waals surface area contributed by atoms with E-state index in [1.54, 1.807) is 18.3 Å². The highest BCUT2D eigenvalue weighted by molar-refractivity contribution is 9.13. The molecule has 6 heteroatoms. The second-order valence-corrected chi connectivity index (χ2v) is 5.17. The lowest BCUT2D eigenvalue weighted by Crippen LogP contribution is -2.06. The van der Waals surface area contributed by atoms with E-state index < -0.39 is 6.10 Å². The first kappa shape index (κ1) is 12.6. The number of pyridine rings is 1. The second kappa shape index (κ2) is 4.80. The van der Waals surface area contributed by atoms with Gasteiger partial charge in [0.1, 0.15) is 17.7 Å². The van der Waals surface area contributed by atoms with Gasteiger partial charge in [0.15, 0.2) is 4.67 Å². The number of nitrogen functional groups attached to an aromatic ring is 1. The summed E-state index contributed by atoms with van der Waals surface area (Å²) in [5.41, 5.74) is 7.21. The van der Waals surface area contributed by atoms with E-state index >= 15 is 0 Å². The molecule has 0 amide bonds. The Kier molecular flexibility index (Phi) is 3.56. The Morgan fingerprint density at radius 3 is 2.71 bits per heavy atom. The third-order valence-electron chi connectivity index (χ3n) is 2.45. The fourth-order valence-corrected chi connectivity index (χ4v) is 2.19. The third-order valence-corrected chi connectivity index (χ3v) is 4.16. The van der Waals surface area contributed by atoms with E-state index in [0.29, 0.717) is 21.8 Å². The molecule has 0 aliphatic carbocycles. The Hall–Kier alpha value is -0.850. The van der Waals surface area contributed by atoms with Crippen LogP contribution < -0.4 is 5.73 Å². The molecule has 4 nitrogen and oxygen atoms in total. The number of rotatable bonds is 2. The highest BCUT2D eigenvalue weighted by Gasteiger charge is 2.21. The summed E-state index contributed by atoms with van der Waals surface area (Å²) in [6.07, 6.45) is 0.681. The van der Waals surface area contributed by atoms with Gasteiger partial charge in [-0.15, -0.1) is 0 Å². The molecule has 0 fully saturated rings. The standard InChI is InChI=1S/C11H10Br2N2O2/c1-5-2-3-15-11(14)8(5)9(16)7-4-6(12)10(13)17-7/h2-4,9,16H,1H3,(H2,14,15). The predicted molar refractivity (Wildman–Crippen MR) is 71.6 cm³/mol. The molecule has 1 atom stereocenters. The Morgan fingerprint density at radius 1 is 1.47 bits per heavy atom. The number of nitrogens with two attached hydrogens (primary N) is 1. The summed E-state index contributed by atoms with van der Waals surface area (Å²) in [6.45, 7) is 1.86. The molecule has 2 aromatic heterocycles. The molecule has 1 unspecified atom stereocenters. The van der Waals surface area contributed by atoms with Gasteiger partial charge in [0, 0.05) is 11.8 Å². The molecule has 0 aromatic carbocycles. The summed E-state index contributed by atoms with van der Waals surface area (Å²) in [5, 5.41) is 10.2. The quantitative estimate of drug-likeness (QED) is 0.861. The van der Waals surface area contributed by atoms with Gasteiger partial charge < -0.3 is 15.3 Å². The number of aryl methyl sites for hydroxylation is 1. The lowest BCUT2D eigenvalue weighted by atomic mass is 10.0. The van der Waals surface area contributed by atoms with Crippen molar-refractivity contribution in [3.63, 3.8) is 0 Å². The molecule has 0 aliphatic rings. The van der Waals surface area contributed by atoms with Crippen LogP contribution in [-0.4, -0.2) is 10.1 Å². The van der Waals surface area contributed by atoms with Gasteiger partial charge >= 0.3 is 0 Å². The van der Waals surface area contributed by atoms with Gasteiger partial charge in [-0.05, 0) is 56.5 Å². The Bertz CT molecular complexity index is 515. The van der Waals surface area contributed by atoms with Crippen LogP contribution in [-0.2, 0) is 0 Å². The highest BCUT2D eigenvalue weighted by atomic mass is 79.9. The van der Waals surface area contributed by atoms with Crippen LogP contribution in [0.1, 0.15) is 23.0 Å². The van der Waals surface area contributed by atoms with Crippen LogP contribution in [0.2, 0.25) is 0 Å². The lowest BCUT2D eigenvalue weighted by Gasteiger charge is -2.12. The summed E-state index contributed by atoms with van der Waals surface area (Å²) in [5.74, 6) is 0.715. The zero-order valence-electron chi connectivity index (χ0n) is 8.95. The van der Waals surface area contributed by atoms with Crippen molar-refractivity contribution in [1.29, 1.82) is 0 Å². The number of hydrogen-bond donors (Lipinski definition) is 2. The normalized spacial score (nSPS) is 12.7. The maximum absolute atomic E-state index is 10.2. The first-order chi connectivity index (χ1) is 8.00. The van der Waals surface area contributed by atoms with Gasteiger partial charge in [0.2, 0.25) is 0 Å². The molecule has 2 aromatic rings. The minimum absolute atomic E-state index is 0.307. The van der Waals surface area contributed by atoms with Crippen LogP contribution in [0.3, 0.4) is 0 Å². The van der Waals surface area contributed by atoms with E-state index in [0.717, 1.165) is 10.0 Å². The number of hydrogen-bond acceptors (Lipinski definition) is 4. The van der Waals surface area contributed by atoms with Crippen LogP contribution in [0.5, 0.6) is 0 Å². The molecule has 0 saturated carbocycles. The highest BCUT2D eigenvalue weighted by Crippen LogP contribution is 2.34. The van der Waals surface area contributed by atoms with Gasteiger partial charge in [-0.1, -0.05) is 0 Å². The molecule has 0 spiro atoms. The number of aliphatic hydroxyl groups is 1. The van der Waals surface area contributed by atoms with Gasteiger partial charge in [-0.2, -0.15) is 0 Å². The summed E-state index contributed by atoms with van der Waals surface area (Å²) < 4.78 is 6.65. The van der Waals surface area contributed by atoms with Crippen molar-refractivity contribution in [2.24, 2.45) is 0 Å². The van der Waals surface area contributed by atoms with E-state index in [-0.39, 0.29) is 0 Å². The molecule has 0 aliphatic heterocycles. The summed E-state index contributed by atoms with van der Waals surface area (Å²) in [7, 11) is 0. The zero-order chi connectivity index (χ0) is 12.6. The van der Waals surface area contributed by atoms with Gasteiger partial charge in [0.25, 0.3) is 0 Å². The molecular weight excluding hydrogens is 352 g/mol. The van der Waals surface area contributed by atoms with Crippen LogP contribution >= 0.6 is 31.9 Å². The van der Waals surface area contributed by atoms with Crippen molar-refractivity contribution in [2.45, 2.75) is 13.0 Å². The number of halogens is 2. The molecule has 2 rings (SSSR count). The largest absolute Gasteiger partial charge is 0.450 e. The molecular formula is C11H10Br2N2O2. The topological polar surface area (TPSA) is 72.3 Å². The maximum Gasteiger partial charge on any atom is 0.183 e. The van der Waals surface area contributed by atoms with E-state index in [9.17, 15) is 5.11 Å². The van der Waals surface area contributed by atoms with E-state index in [1.807, 2.05) is 6.92 Å². The molecule has 90 valence electrons. The minimum Gasteiger partial charge on any atom is -0.450 e. The molecule has 0 saturated heterocycles. The van der Waals surface area contributed by atoms with Crippen LogP contribution in [0, 0.1) is 6.92 Å². The first-order valence-electron chi connectivity index (χ1n) is 4.84. The SMILES string of the molecule is Cc1ccnc(N)c1C(O)c1cc(Br)c(Br)o1. The number of furan rings is 1. The molecule has 17 heavy (non-hydrogen) atoms. The molecule has 0 bridgehead atoms. The van der Waals surface area contributed by atoms with Crippen molar-refractivity contribution in [2.75, 3.05) is 5.73 Å². The first-order valence-corrected chi connectivity index (χ1v) is 6.43. The summed E-state index contributed by atoms with van der Waals surface area (Å²) in [4.78, 5) is 3.97. The van der Waals surface area contributed by atoms with E-state index in [1.165, 1.54) is 0 Å². The van der Waals surface area contributed by atoms with Crippen molar-refractivity contribution in [1.82, 2.24) is 4.98 Å². The zero-order valence-corrected chi connectivity index (χ0v) is 12.1. The minimum atomic E-state index is -0.925. The smallest absolute Gasteiger partial charge is 0.183 e. The van der Waals surface area contributed by atoms with Crippen molar-refractivity contribution in [3.05, 3.63) is 44.4 Å². The fraction of sp³-hybridized carbons (Fsp3) is 0.182. The van der Waals surface area contributed by atoms with Crippen molar-refractivity contribution < 1.29 is 9.52 Å². The summed E-state index contributed by atoms with van der Waals surface area (Å²) >= 11 is 6.52. The average Bonchev–Trinajstić information content (AvgIpc) is 2.59. The predicted octanol–water partition coefficient (Wildman–Crippen LogP) is 3.17. The Labute approximate surface area is 115 Å².